The van der Waals surface area contributed by atoms with Crippen LogP contribution in [0.2, 0.25) is 0 Å². The molecule has 1 amide bonds. The fourth-order valence-electron chi connectivity index (χ4n) is 1.60. The number of carbonyl (C=O) groups excluding carboxylic acids is 2. The van der Waals surface area contributed by atoms with Gasteiger partial charge >= 0.3 is 6.09 Å². The molecule has 364 valence electrons. The summed E-state index contributed by atoms with van der Waals surface area (Å²) in [6.45, 7) is 48.1. The van der Waals surface area contributed by atoms with Crippen molar-refractivity contribution in [1.82, 2.24) is 5.32 Å². The molecular weight excluding hydrogens is 743 g/mol. The Morgan fingerprint density at radius 1 is 0.517 bits per heavy atom. The van der Waals surface area contributed by atoms with Crippen LogP contribution in [0.25, 0.3) is 0 Å². The number of alkyl carbamates (subject to hydrolysis) is 1. The third-order valence-electron chi connectivity index (χ3n) is 3.76. The van der Waals surface area contributed by atoms with Crippen LogP contribution in [0.5, 0.6) is 0 Å². The second kappa shape index (κ2) is 79.7. The number of amides is 1. The van der Waals surface area contributed by atoms with Crippen molar-refractivity contribution in [3.8, 4) is 0 Å². The monoisotopic (exact) mass is 852 g/mol. The molecule has 0 aromatic carbocycles. The molecule has 3 N–H and O–H groups in total. The maximum Gasteiger partial charge on any atom is 0.407 e. The number of aliphatic hydroxyl groups is 2. The lowest BCUT2D eigenvalue weighted by molar-refractivity contribution is -0.116. The molecule has 0 heterocycles. The maximum absolute atomic E-state index is 10.7. The summed E-state index contributed by atoms with van der Waals surface area (Å²) in [4.78, 5) is 20.6. The molecule has 0 rings (SSSR count). The van der Waals surface area contributed by atoms with Crippen LogP contribution < -0.4 is 5.32 Å². The second-order valence-electron chi connectivity index (χ2n) is 15.5. The van der Waals surface area contributed by atoms with Gasteiger partial charge in [0.2, 0.25) is 0 Å². The first-order chi connectivity index (χ1) is 26.8. The van der Waals surface area contributed by atoms with E-state index in [4.69, 9.17) is 33.9 Å². The van der Waals surface area contributed by atoms with Crippen LogP contribution in [0, 0.1) is 23.7 Å². The van der Waals surface area contributed by atoms with Gasteiger partial charge < -0.3 is 53.5 Å². The van der Waals surface area contributed by atoms with Crippen molar-refractivity contribution in [2.24, 2.45) is 23.7 Å². The summed E-state index contributed by atoms with van der Waals surface area (Å²) in [6, 6.07) is 0. The Morgan fingerprint density at radius 3 is 1.07 bits per heavy atom. The van der Waals surface area contributed by atoms with Gasteiger partial charge in [0, 0.05) is 54.6 Å². The highest BCUT2D eigenvalue weighted by Gasteiger charge is 2.02. The Labute approximate surface area is 363 Å². The van der Waals surface area contributed by atoms with Crippen molar-refractivity contribution in [2.45, 2.75) is 183 Å². The first-order valence-electron chi connectivity index (χ1n) is 21.7. The number of methoxy groups -OCH3 is 4. The molecule has 2 atom stereocenters. The van der Waals surface area contributed by atoms with E-state index in [1.807, 2.05) is 27.7 Å². The maximum atomic E-state index is 10.7. The molecule has 0 aliphatic heterocycles. The van der Waals surface area contributed by atoms with E-state index in [0.717, 1.165) is 36.7 Å². The van der Waals surface area contributed by atoms with E-state index in [-0.39, 0.29) is 18.0 Å². The SMILES string of the molecule is CC(C)C.CC(C)C.CC(C)C.CC(C)C.CCC.CCC(C)=O.CCC(O)COC.CCOCC(O)COC.CCOCCOC.COCCNC(=O)OC(C)C. The highest BCUT2D eigenvalue weighted by Crippen LogP contribution is 1.88. The minimum Gasteiger partial charge on any atom is -0.447 e. The van der Waals surface area contributed by atoms with E-state index in [1.165, 1.54) is 6.42 Å². The molecule has 0 spiro atoms. The van der Waals surface area contributed by atoms with E-state index >= 15 is 0 Å². The van der Waals surface area contributed by atoms with Crippen LogP contribution in [0.3, 0.4) is 0 Å². The fourth-order valence-corrected chi connectivity index (χ4v) is 1.60. The summed E-state index contributed by atoms with van der Waals surface area (Å²) >= 11 is 0. The molecule has 0 aromatic rings. The Balaban J connectivity index is -0.0000000567. The summed E-state index contributed by atoms with van der Waals surface area (Å²) in [5, 5.41) is 20.2. The van der Waals surface area contributed by atoms with E-state index < -0.39 is 12.2 Å². The average Bonchev–Trinajstić information content (AvgIpc) is 3.08. The first kappa shape index (κ1) is 80.6. The highest BCUT2D eigenvalue weighted by molar-refractivity contribution is 5.74. The lowest BCUT2D eigenvalue weighted by Gasteiger charge is -2.08. The normalized spacial score (nSPS) is 10.3. The Bertz CT molecular complexity index is 598. The van der Waals surface area contributed by atoms with Crippen LogP contribution in [0.1, 0.15) is 165 Å². The van der Waals surface area contributed by atoms with Crippen molar-refractivity contribution in [2.75, 3.05) is 87.8 Å². The van der Waals surface area contributed by atoms with E-state index in [1.54, 1.807) is 49.2 Å². The molecule has 0 saturated heterocycles. The zero-order chi connectivity index (χ0) is 48.3. The van der Waals surface area contributed by atoms with Gasteiger partial charge in [-0.15, -0.1) is 0 Å². The van der Waals surface area contributed by atoms with E-state index in [9.17, 15) is 9.59 Å². The van der Waals surface area contributed by atoms with Crippen LogP contribution in [-0.2, 0) is 38.0 Å². The molecule has 0 fully saturated rings. The van der Waals surface area contributed by atoms with Crippen molar-refractivity contribution in [1.29, 1.82) is 0 Å². The molecule has 12 nitrogen and oxygen atoms in total. The molecule has 0 saturated carbocycles. The summed E-state index contributed by atoms with van der Waals surface area (Å²) in [5.74, 6) is 3.59. The Morgan fingerprint density at radius 2 is 0.845 bits per heavy atom. The molecule has 0 aliphatic rings. The number of aliphatic hydroxyl groups excluding tert-OH is 2. The minimum atomic E-state index is -0.477. The van der Waals surface area contributed by atoms with Crippen molar-refractivity contribution >= 4 is 11.9 Å². The summed E-state index contributed by atoms with van der Waals surface area (Å²) in [6.07, 6.45) is 1.47. The van der Waals surface area contributed by atoms with Gasteiger partial charge in [0.1, 0.15) is 11.9 Å². The second-order valence-corrected chi connectivity index (χ2v) is 15.5. The van der Waals surface area contributed by atoms with Crippen molar-refractivity contribution in [3.05, 3.63) is 0 Å². The van der Waals surface area contributed by atoms with Crippen LogP contribution in [0.15, 0.2) is 0 Å². The third kappa shape index (κ3) is 239. The number of ether oxygens (including phenoxy) is 7. The number of rotatable bonds is 17. The van der Waals surface area contributed by atoms with Gasteiger partial charge in [0.15, 0.2) is 0 Å². The Hall–Kier alpha value is -1.38. The van der Waals surface area contributed by atoms with Crippen molar-refractivity contribution in [3.63, 3.8) is 0 Å². The van der Waals surface area contributed by atoms with Gasteiger partial charge in [-0.25, -0.2) is 4.79 Å². The average molecular weight is 852 g/mol. The lowest BCUT2D eigenvalue weighted by atomic mass is 10.3. The molecule has 58 heavy (non-hydrogen) atoms. The molecule has 12 heteroatoms. The zero-order valence-corrected chi connectivity index (χ0v) is 43.6. The number of hydrogen-bond acceptors (Lipinski definition) is 11. The third-order valence-corrected chi connectivity index (χ3v) is 3.76. The number of nitrogens with one attached hydrogen (secondary N) is 1. The molecule has 0 aromatic heterocycles. The van der Waals surface area contributed by atoms with Gasteiger partial charge in [-0.3, -0.25) is 0 Å². The predicted octanol–water partition coefficient (Wildman–Crippen LogP) is 10.9. The number of carbonyl (C=O) groups is 2. The number of Topliss-reactive ketones (excluding diaryl/α,β-unsaturated/α-hetero) is 1. The molecule has 0 bridgehead atoms. The zero-order valence-electron chi connectivity index (χ0n) is 43.6. The summed E-state index contributed by atoms with van der Waals surface area (Å²) in [7, 11) is 6.38. The molecule has 2 unspecified atom stereocenters. The molecular formula is C46H109NO11. The van der Waals surface area contributed by atoms with Gasteiger partial charge in [-0.2, -0.15) is 0 Å². The van der Waals surface area contributed by atoms with Crippen molar-refractivity contribution < 1.29 is 53.0 Å². The van der Waals surface area contributed by atoms with Crippen LogP contribution >= 0.6 is 0 Å². The highest BCUT2D eigenvalue weighted by atomic mass is 16.6. The number of ketones is 1. The quantitative estimate of drug-likeness (QED) is 0.120. The Kier molecular flexibility index (Phi) is 111. The summed E-state index contributed by atoms with van der Waals surface area (Å²) < 4.78 is 33.4. The standard InChI is InChI=1S/C7H15NO3.C6H14O3.2C5H12O2.C4H8O.4C4H10.C3H8/c1-6(2)11-7(9)8-4-5-10-3;1-3-9-5-6(7)4-8-2;1-3-7-5-4-6-2;1-3-5(6)4-7-2;1-3-4(2)5;4*1-4(2)3;1-3-2/h6H,4-5H2,1-3H3,(H,8,9);6-7H,3-5H2,1-2H3;3-5H2,1-2H3;5-6H,3-4H2,1-2H3;3H2,1-2H3;4*4H,1-3H3;3H2,1-2H3. The van der Waals surface area contributed by atoms with Crippen LogP contribution in [-0.4, -0.2) is 128 Å². The topological polar surface area (TPSA) is 151 Å². The largest absolute Gasteiger partial charge is 0.447 e. The molecule has 0 aliphatic carbocycles. The predicted molar refractivity (Wildman–Crippen MR) is 251 cm³/mol. The molecule has 0 radical (unpaired) electrons. The smallest absolute Gasteiger partial charge is 0.407 e. The minimum absolute atomic E-state index is 0.0717. The lowest BCUT2D eigenvalue weighted by Crippen LogP contribution is -2.29. The van der Waals surface area contributed by atoms with E-state index in [0.29, 0.717) is 59.2 Å². The van der Waals surface area contributed by atoms with Gasteiger partial charge in [0.05, 0.1) is 51.8 Å². The first-order valence-corrected chi connectivity index (χ1v) is 21.7. The number of hydrogen-bond donors (Lipinski definition) is 3. The van der Waals surface area contributed by atoms with Crippen LogP contribution in [0.4, 0.5) is 4.79 Å². The summed E-state index contributed by atoms with van der Waals surface area (Å²) in [5.41, 5.74) is 0. The van der Waals surface area contributed by atoms with Gasteiger partial charge in [0.25, 0.3) is 0 Å². The van der Waals surface area contributed by atoms with Gasteiger partial charge in [-0.1, -0.05) is 117 Å². The van der Waals surface area contributed by atoms with E-state index in [2.05, 4.69) is 112 Å². The fraction of sp³-hybridized carbons (Fsp3) is 0.957. The van der Waals surface area contributed by atoms with Gasteiger partial charge in [-0.05, 0) is 64.7 Å².